The first-order valence-corrected chi connectivity index (χ1v) is 8.26. The van der Waals surface area contributed by atoms with Crippen LogP contribution in [-0.2, 0) is 11.3 Å². The predicted molar refractivity (Wildman–Crippen MR) is 89.5 cm³/mol. The van der Waals surface area contributed by atoms with Gasteiger partial charge in [0.05, 0.1) is 6.61 Å². The third-order valence-electron chi connectivity index (χ3n) is 4.16. The van der Waals surface area contributed by atoms with Crippen LogP contribution in [0.3, 0.4) is 0 Å². The van der Waals surface area contributed by atoms with E-state index in [1.807, 2.05) is 0 Å². The van der Waals surface area contributed by atoms with Gasteiger partial charge in [0.2, 0.25) is 5.95 Å². The standard InChI is InChI=1S/C15H24N6O2/c1-2-3-6-17-14-19-12(16)11-13(20-14)21(15(22)18-11)8-10-5-4-7-23-9-10/h10H,2-9H2,1H3,(H,18,22)(H3,16,17,19,20). The summed E-state index contributed by atoms with van der Waals surface area (Å²) in [5, 5.41) is 3.16. The number of hydrogen-bond acceptors (Lipinski definition) is 6. The topological polar surface area (TPSA) is 111 Å². The molecule has 2 aromatic heterocycles. The summed E-state index contributed by atoms with van der Waals surface area (Å²) in [7, 11) is 0. The van der Waals surface area contributed by atoms with Crippen molar-refractivity contribution in [1.29, 1.82) is 0 Å². The Labute approximate surface area is 134 Å². The van der Waals surface area contributed by atoms with Gasteiger partial charge in [-0.1, -0.05) is 13.3 Å². The lowest BCUT2D eigenvalue weighted by molar-refractivity contribution is 0.0484. The average molecular weight is 320 g/mol. The first-order chi connectivity index (χ1) is 11.2. The molecule has 8 heteroatoms. The Morgan fingerprint density at radius 1 is 1.48 bits per heavy atom. The molecule has 3 rings (SSSR count). The zero-order valence-corrected chi connectivity index (χ0v) is 13.5. The minimum absolute atomic E-state index is 0.197. The van der Waals surface area contributed by atoms with Crippen molar-refractivity contribution in [3.05, 3.63) is 10.5 Å². The second-order valence-electron chi connectivity index (χ2n) is 6.04. The van der Waals surface area contributed by atoms with Gasteiger partial charge in [0.15, 0.2) is 11.5 Å². The van der Waals surface area contributed by atoms with Gasteiger partial charge in [-0.25, -0.2) is 4.79 Å². The lowest BCUT2D eigenvalue weighted by Crippen LogP contribution is -2.27. The normalized spacial score (nSPS) is 18.4. The molecule has 0 bridgehead atoms. The maximum Gasteiger partial charge on any atom is 0.327 e. The fraction of sp³-hybridized carbons (Fsp3) is 0.667. The zero-order valence-electron chi connectivity index (χ0n) is 13.5. The van der Waals surface area contributed by atoms with Gasteiger partial charge in [0, 0.05) is 25.6 Å². The van der Waals surface area contributed by atoms with Gasteiger partial charge in [-0.05, 0) is 19.3 Å². The highest BCUT2D eigenvalue weighted by Gasteiger charge is 2.19. The quantitative estimate of drug-likeness (QED) is 0.693. The molecule has 0 radical (unpaired) electrons. The summed E-state index contributed by atoms with van der Waals surface area (Å²) >= 11 is 0. The molecule has 8 nitrogen and oxygen atoms in total. The summed E-state index contributed by atoms with van der Waals surface area (Å²) in [4.78, 5) is 23.7. The van der Waals surface area contributed by atoms with E-state index in [0.29, 0.717) is 42.0 Å². The predicted octanol–water partition coefficient (Wildman–Crippen LogP) is 1.34. The van der Waals surface area contributed by atoms with Crippen LogP contribution in [-0.4, -0.2) is 39.3 Å². The number of aromatic amines is 1. The van der Waals surface area contributed by atoms with E-state index in [2.05, 4.69) is 27.2 Å². The van der Waals surface area contributed by atoms with Crippen molar-refractivity contribution in [2.45, 2.75) is 39.2 Å². The molecule has 1 unspecified atom stereocenters. The Morgan fingerprint density at radius 2 is 2.35 bits per heavy atom. The van der Waals surface area contributed by atoms with E-state index >= 15 is 0 Å². The molecule has 1 aliphatic heterocycles. The molecular weight excluding hydrogens is 296 g/mol. The number of nitrogen functional groups attached to an aromatic ring is 1. The molecule has 1 atom stereocenters. The Balaban J connectivity index is 1.89. The van der Waals surface area contributed by atoms with E-state index in [1.54, 1.807) is 4.57 Å². The number of nitrogens with two attached hydrogens (primary N) is 1. The number of nitrogens with one attached hydrogen (secondary N) is 2. The van der Waals surface area contributed by atoms with E-state index in [9.17, 15) is 4.79 Å². The second kappa shape index (κ2) is 6.99. The molecule has 3 heterocycles. The van der Waals surface area contributed by atoms with Crippen LogP contribution in [0, 0.1) is 5.92 Å². The summed E-state index contributed by atoms with van der Waals surface area (Å²) in [5.74, 6) is 1.09. The van der Waals surface area contributed by atoms with Gasteiger partial charge in [-0.2, -0.15) is 9.97 Å². The average Bonchev–Trinajstić information content (AvgIpc) is 2.86. The van der Waals surface area contributed by atoms with E-state index in [1.165, 1.54) is 0 Å². The summed E-state index contributed by atoms with van der Waals surface area (Å²) in [6.45, 7) is 4.98. The van der Waals surface area contributed by atoms with Crippen molar-refractivity contribution in [2.75, 3.05) is 30.8 Å². The van der Waals surface area contributed by atoms with Crippen LogP contribution in [0.4, 0.5) is 11.8 Å². The lowest BCUT2D eigenvalue weighted by Gasteiger charge is -2.22. The van der Waals surface area contributed by atoms with Gasteiger partial charge in [0.25, 0.3) is 0 Å². The molecule has 1 fully saturated rings. The fourth-order valence-corrected chi connectivity index (χ4v) is 2.89. The molecule has 126 valence electrons. The van der Waals surface area contributed by atoms with Crippen molar-refractivity contribution in [3.63, 3.8) is 0 Å². The van der Waals surface area contributed by atoms with Crippen LogP contribution < -0.4 is 16.7 Å². The van der Waals surface area contributed by atoms with Crippen molar-refractivity contribution < 1.29 is 4.74 Å². The molecule has 0 aromatic carbocycles. The summed E-state index contributed by atoms with van der Waals surface area (Å²) < 4.78 is 7.15. The van der Waals surface area contributed by atoms with Crippen LogP contribution in [0.25, 0.3) is 11.2 Å². The number of unbranched alkanes of at least 4 members (excludes halogenated alkanes) is 1. The minimum Gasteiger partial charge on any atom is -0.382 e. The maximum absolute atomic E-state index is 12.3. The first-order valence-electron chi connectivity index (χ1n) is 8.26. The third-order valence-corrected chi connectivity index (χ3v) is 4.16. The highest BCUT2D eigenvalue weighted by atomic mass is 16.5. The van der Waals surface area contributed by atoms with E-state index in [-0.39, 0.29) is 5.69 Å². The van der Waals surface area contributed by atoms with Crippen LogP contribution in [0.2, 0.25) is 0 Å². The number of anilines is 2. The Hall–Kier alpha value is -2.09. The molecule has 2 aromatic rings. The van der Waals surface area contributed by atoms with Gasteiger partial charge in [-0.3, -0.25) is 4.57 Å². The van der Waals surface area contributed by atoms with Gasteiger partial charge >= 0.3 is 5.69 Å². The lowest BCUT2D eigenvalue weighted by atomic mass is 10.0. The van der Waals surface area contributed by atoms with Gasteiger partial charge < -0.3 is 20.8 Å². The summed E-state index contributed by atoms with van der Waals surface area (Å²) in [5.41, 5.74) is 6.85. The summed E-state index contributed by atoms with van der Waals surface area (Å²) in [6.07, 6.45) is 4.20. The molecule has 0 amide bonds. The number of ether oxygens (including phenoxy) is 1. The zero-order chi connectivity index (χ0) is 16.2. The van der Waals surface area contributed by atoms with E-state index in [0.717, 1.165) is 38.8 Å². The maximum atomic E-state index is 12.3. The SMILES string of the molecule is CCCCNc1nc(N)c2[nH]c(=O)n(CC3CCCOC3)c2n1. The smallest absolute Gasteiger partial charge is 0.327 e. The highest BCUT2D eigenvalue weighted by molar-refractivity contribution is 5.82. The Bertz CT molecular complexity index is 717. The monoisotopic (exact) mass is 320 g/mol. The first kappa shape index (κ1) is 15.8. The molecular formula is C15H24N6O2. The molecule has 0 spiro atoms. The van der Waals surface area contributed by atoms with Crippen molar-refractivity contribution in [2.24, 2.45) is 5.92 Å². The van der Waals surface area contributed by atoms with Crippen LogP contribution in [0.1, 0.15) is 32.6 Å². The summed E-state index contributed by atoms with van der Waals surface area (Å²) in [6, 6.07) is 0. The van der Waals surface area contributed by atoms with Crippen LogP contribution in [0.5, 0.6) is 0 Å². The molecule has 23 heavy (non-hydrogen) atoms. The molecule has 1 saturated heterocycles. The number of H-pyrrole nitrogens is 1. The van der Waals surface area contributed by atoms with E-state index < -0.39 is 0 Å². The Kier molecular flexibility index (Phi) is 4.80. The largest absolute Gasteiger partial charge is 0.382 e. The molecule has 4 N–H and O–H groups in total. The van der Waals surface area contributed by atoms with Gasteiger partial charge in [0.1, 0.15) is 5.52 Å². The van der Waals surface area contributed by atoms with Crippen molar-refractivity contribution in [3.8, 4) is 0 Å². The van der Waals surface area contributed by atoms with E-state index in [4.69, 9.17) is 10.5 Å². The molecule has 0 aliphatic carbocycles. The minimum atomic E-state index is -0.197. The van der Waals surface area contributed by atoms with Crippen molar-refractivity contribution in [1.82, 2.24) is 19.5 Å². The number of rotatable bonds is 6. The molecule has 1 aliphatic rings. The van der Waals surface area contributed by atoms with Crippen LogP contribution in [0.15, 0.2) is 4.79 Å². The number of fused-ring (bicyclic) bond motifs is 1. The number of aromatic nitrogens is 4. The van der Waals surface area contributed by atoms with Gasteiger partial charge in [-0.15, -0.1) is 0 Å². The highest BCUT2D eigenvalue weighted by Crippen LogP contribution is 2.20. The third kappa shape index (κ3) is 3.47. The number of nitrogens with zero attached hydrogens (tertiary/aromatic N) is 3. The number of hydrogen-bond donors (Lipinski definition) is 3. The van der Waals surface area contributed by atoms with Crippen LogP contribution >= 0.6 is 0 Å². The second-order valence-corrected chi connectivity index (χ2v) is 6.04. The Morgan fingerprint density at radius 3 is 3.09 bits per heavy atom. The number of imidazole rings is 1. The van der Waals surface area contributed by atoms with Crippen molar-refractivity contribution >= 4 is 22.9 Å². The fourth-order valence-electron chi connectivity index (χ4n) is 2.89. The molecule has 0 saturated carbocycles.